The Morgan fingerprint density at radius 3 is 2.48 bits per heavy atom. The highest BCUT2D eigenvalue weighted by Crippen LogP contribution is 2.32. The SMILES string of the molecule is CC(CC(=O)N(C)C(C)c1cccc(S(N)(=O)=O)c1)C1CCCCC1. The van der Waals surface area contributed by atoms with Gasteiger partial charge in [-0.25, -0.2) is 13.6 Å². The van der Waals surface area contributed by atoms with Crippen molar-refractivity contribution in [2.45, 2.75) is 63.3 Å². The fraction of sp³-hybridized carbons (Fsp3) is 0.632. The Balaban J connectivity index is 2.03. The number of nitrogens with zero attached hydrogens (tertiary/aromatic N) is 1. The molecular formula is C19H30N2O3S. The number of benzene rings is 1. The lowest BCUT2D eigenvalue weighted by atomic mass is 9.79. The summed E-state index contributed by atoms with van der Waals surface area (Å²) in [5.74, 6) is 1.14. The van der Waals surface area contributed by atoms with Crippen LogP contribution in [0.4, 0.5) is 0 Å². The molecule has 5 nitrogen and oxygen atoms in total. The van der Waals surface area contributed by atoms with E-state index in [1.54, 1.807) is 24.1 Å². The van der Waals surface area contributed by atoms with Gasteiger partial charge in [0.2, 0.25) is 15.9 Å². The van der Waals surface area contributed by atoms with Crippen molar-refractivity contribution in [1.29, 1.82) is 0 Å². The van der Waals surface area contributed by atoms with Crippen LogP contribution in [0.25, 0.3) is 0 Å². The van der Waals surface area contributed by atoms with Gasteiger partial charge in [0.25, 0.3) is 0 Å². The average Bonchev–Trinajstić information content (AvgIpc) is 2.60. The highest BCUT2D eigenvalue weighted by Gasteiger charge is 2.25. The molecule has 1 amide bonds. The average molecular weight is 367 g/mol. The van der Waals surface area contributed by atoms with Crippen LogP contribution < -0.4 is 5.14 Å². The standard InChI is InChI=1S/C19H30N2O3S/c1-14(16-8-5-4-6-9-16)12-19(22)21(3)15(2)17-10-7-11-18(13-17)25(20,23)24/h7,10-11,13-16H,4-6,8-9,12H2,1-3H3,(H2,20,23,24). The maximum absolute atomic E-state index is 12.7. The molecular weight excluding hydrogens is 336 g/mol. The molecule has 0 radical (unpaired) electrons. The minimum absolute atomic E-state index is 0.0771. The number of nitrogens with two attached hydrogens (primary N) is 1. The Bertz CT molecular complexity index is 696. The van der Waals surface area contributed by atoms with Crippen molar-refractivity contribution in [3.05, 3.63) is 29.8 Å². The molecule has 1 saturated carbocycles. The molecule has 1 aliphatic rings. The number of hydrogen-bond acceptors (Lipinski definition) is 3. The van der Waals surface area contributed by atoms with Crippen molar-refractivity contribution < 1.29 is 13.2 Å². The van der Waals surface area contributed by atoms with E-state index in [2.05, 4.69) is 6.92 Å². The first kappa shape index (κ1) is 19.9. The Morgan fingerprint density at radius 1 is 1.24 bits per heavy atom. The molecule has 2 rings (SSSR count). The van der Waals surface area contributed by atoms with Gasteiger partial charge >= 0.3 is 0 Å². The second-order valence-corrected chi connectivity index (χ2v) is 8.94. The van der Waals surface area contributed by atoms with Gasteiger partial charge in [-0.15, -0.1) is 0 Å². The summed E-state index contributed by atoms with van der Waals surface area (Å²) in [5, 5.41) is 5.20. The van der Waals surface area contributed by atoms with Gasteiger partial charge in [-0.1, -0.05) is 51.2 Å². The zero-order valence-electron chi connectivity index (χ0n) is 15.4. The van der Waals surface area contributed by atoms with E-state index < -0.39 is 10.0 Å². The normalized spacial score (nSPS) is 18.6. The first-order valence-electron chi connectivity index (χ1n) is 9.08. The second-order valence-electron chi connectivity index (χ2n) is 7.38. The highest BCUT2D eigenvalue weighted by atomic mass is 32.2. The van der Waals surface area contributed by atoms with Crippen molar-refractivity contribution in [1.82, 2.24) is 4.90 Å². The van der Waals surface area contributed by atoms with Crippen LogP contribution in [-0.2, 0) is 14.8 Å². The number of sulfonamides is 1. The molecule has 1 aliphatic carbocycles. The van der Waals surface area contributed by atoms with Crippen LogP contribution in [-0.4, -0.2) is 26.3 Å². The molecule has 0 aliphatic heterocycles. The Morgan fingerprint density at radius 2 is 1.88 bits per heavy atom. The van der Waals surface area contributed by atoms with Crippen molar-refractivity contribution >= 4 is 15.9 Å². The summed E-state index contributed by atoms with van der Waals surface area (Å²) < 4.78 is 23.1. The van der Waals surface area contributed by atoms with Gasteiger partial charge in [-0.05, 0) is 36.5 Å². The molecule has 0 saturated heterocycles. The topological polar surface area (TPSA) is 80.5 Å². The molecule has 6 heteroatoms. The van der Waals surface area contributed by atoms with Crippen LogP contribution in [0, 0.1) is 11.8 Å². The molecule has 2 atom stereocenters. The first-order valence-corrected chi connectivity index (χ1v) is 10.6. The summed E-state index contributed by atoms with van der Waals surface area (Å²) >= 11 is 0. The van der Waals surface area contributed by atoms with Crippen LogP contribution in [0.1, 0.15) is 64.0 Å². The quantitative estimate of drug-likeness (QED) is 0.837. The molecule has 2 N–H and O–H groups in total. The van der Waals surface area contributed by atoms with Crippen LogP contribution in [0.2, 0.25) is 0 Å². The van der Waals surface area contributed by atoms with Gasteiger partial charge < -0.3 is 4.90 Å². The van der Waals surface area contributed by atoms with E-state index in [1.807, 2.05) is 13.0 Å². The zero-order valence-corrected chi connectivity index (χ0v) is 16.3. The number of carbonyl (C=O) groups is 1. The van der Waals surface area contributed by atoms with Gasteiger partial charge in [-0.2, -0.15) is 0 Å². The van der Waals surface area contributed by atoms with E-state index >= 15 is 0 Å². The number of amides is 1. The summed E-state index contributed by atoms with van der Waals surface area (Å²) in [6.45, 7) is 4.08. The fourth-order valence-corrected chi connectivity index (χ4v) is 4.25. The van der Waals surface area contributed by atoms with Gasteiger partial charge in [0.15, 0.2) is 0 Å². The molecule has 1 fully saturated rings. The summed E-state index contributed by atoms with van der Waals surface area (Å²) in [6.07, 6.45) is 6.86. The molecule has 0 heterocycles. The summed E-state index contributed by atoms with van der Waals surface area (Å²) in [5.41, 5.74) is 0.771. The van der Waals surface area contributed by atoms with Gasteiger partial charge in [0.1, 0.15) is 0 Å². The second kappa shape index (κ2) is 8.32. The lowest BCUT2D eigenvalue weighted by Crippen LogP contribution is -2.32. The van der Waals surface area contributed by atoms with E-state index in [9.17, 15) is 13.2 Å². The van der Waals surface area contributed by atoms with E-state index in [-0.39, 0.29) is 16.8 Å². The molecule has 140 valence electrons. The molecule has 0 spiro atoms. The molecule has 0 bridgehead atoms. The van der Waals surface area contributed by atoms with Crippen molar-refractivity contribution in [2.24, 2.45) is 17.0 Å². The minimum atomic E-state index is -3.74. The number of primary sulfonamides is 1. The Hall–Kier alpha value is -1.40. The van der Waals surface area contributed by atoms with Crippen molar-refractivity contribution in [3.8, 4) is 0 Å². The van der Waals surface area contributed by atoms with Crippen LogP contribution >= 0.6 is 0 Å². The number of rotatable bonds is 6. The maximum Gasteiger partial charge on any atom is 0.238 e. The number of hydrogen-bond donors (Lipinski definition) is 1. The molecule has 2 unspecified atom stereocenters. The van der Waals surface area contributed by atoms with E-state index in [4.69, 9.17) is 5.14 Å². The molecule has 0 aromatic heterocycles. The van der Waals surface area contributed by atoms with Crippen LogP contribution in [0.15, 0.2) is 29.2 Å². The highest BCUT2D eigenvalue weighted by molar-refractivity contribution is 7.89. The van der Waals surface area contributed by atoms with E-state index in [0.29, 0.717) is 18.3 Å². The van der Waals surface area contributed by atoms with Gasteiger partial charge in [-0.3, -0.25) is 4.79 Å². The molecule has 25 heavy (non-hydrogen) atoms. The third-order valence-corrected chi connectivity index (χ3v) is 6.51. The molecule has 1 aromatic rings. The lowest BCUT2D eigenvalue weighted by Gasteiger charge is -2.31. The largest absolute Gasteiger partial charge is 0.339 e. The predicted molar refractivity (Wildman–Crippen MR) is 99.4 cm³/mol. The van der Waals surface area contributed by atoms with Crippen molar-refractivity contribution in [2.75, 3.05) is 7.05 Å². The minimum Gasteiger partial charge on any atom is -0.339 e. The Labute approximate surface area is 151 Å². The van der Waals surface area contributed by atoms with Crippen molar-refractivity contribution in [3.63, 3.8) is 0 Å². The van der Waals surface area contributed by atoms with Crippen LogP contribution in [0.3, 0.4) is 0 Å². The lowest BCUT2D eigenvalue weighted by molar-refractivity contribution is -0.133. The third-order valence-electron chi connectivity index (χ3n) is 5.59. The zero-order chi connectivity index (χ0) is 18.6. The third kappa shape index (κ3) is 5.28. The summed E-state index contributed by atoms with van der Waals surface area (Å²) in [7, 11) is -1.96. The monoisotopic (exact) mass is 366 g/mol. The summed E-state index contributed by atoms with van der Waals surface area (Å²) in [6, 6.07) is 6.31. The predicted octanol–water partition coefficient (Wildman–Crippen LogP) is 3.46. The smallest absolute Gasteiger partial charge is 0.238 e. The van der Waals surface area contributed by atoms with E-state index in [0.717, 1.165) is 5.56 Å². The van der Waals surface area contributed by atoms with Gasteiger partial charge in [0, 0.05) is 13.5 Å². The first-order chi connectivity index (χ1) is 11.7. The Kier molecular flexibility index (Phi) is 6.63. The van der Waals surface area contributed by atoms with Crippen LogP contribution in [0.5, 0.6) is 0 Å². The molecule has 1 aromatic carbocycles. The number of carbonyl (C=O) groups excluding carboxylic acids is 1. The summed E-state index contributed by atoms with van der Waals surface area (Å²) in [4.78, 5) is 14.5. The van der Waals surface area contributed by atoms with E-state index in [1.165, 1.54) is 38.2 Å². The fourth-order valence-electron chi connectivity index (χ4n) is 3.68. The maximum atomic E-state index is 12.7. The van der Waals surface area contributed by atoms with Gasteiger partial charge in [0.05, 0.1) is 10.9 Å².